The summed E-state index contributed by atoms with van der Waals surface area (Å²) in [5, 5.41) is 8.58. The second-order valence-electron chi connectivity index (χ2n) is 4.61. The molecular weight excluding hydrogens is 260 g/mol. The molecule has 4 rings (SSSR count). The van der Waals surface area contributed by atoms with E-state index in [1.165, 1.54) is 0 Å². The van der Waals surface area contributed by atoms with Gasteiger partial charge >= 0.3 is 0 Å². The van der Waals surface area contributed by atoms with Crippen LogP contribution in [-0.4, -0.2) is 27.6 Å². The molecule has 1 aliphatic heterocycles. The summed E-state index contributed by atoms with van der Waals surface area (Å²) < 4.78 is 18.6. The van der Waals surface area contributed by atoms with Gasteiger partial charge in [-0.15, -0.1) is 0 Å². The van der Waals surface area contributed by atoms with E-state index in [1.54, 1.807) is 23.0 Å². The van der Waals surface area contributed by atoms with Crippen molar-refractivity contribution >= 4 is 16.8 Å². The summed E-state index contributed by atoms with van der Waals surface area (Å²) in [4.78, 5) is 0. The summed E-state index contributed by atoms with van der Waals surface area (Å²) in [6.45, 7) is 1.07. The third-order valence-electron chi connectivity index (χ3n) is 3.24. The van der Waals surface area contributed by atoms with Gasteiger partial charge in [0, 0.05) is 12.4 Å². The number of nitrogens with zero attached hydrogens (tertiary/aromatic N) is 3. The monoisotopic (exact) mass is 272 g/mol. The van der Waals surface area contributed by atoms with Gasteiger partial charge in [-0.05, 0) is 18.2 Å². The first-order valence-corrected chi connectivity index (χ1v) is 6.26. The van der Waals surface area contributed by atoms with Crippen LogP contribution in [0.15, 0.2) is 35.1 Å². The van der Waals surface area contributed by atoms with Gasteiger partial charge in [0.1, 0.15) is 12.0 Å². The Morgan fingerprint density at radius 3 is 3.20 bits per heavy atom. The topological polar surface area (TPSA) is 88.3 Å². The second-order valence-corrected chi connectivity index (χ2v) is 4.61. The molecule has 7 heteroatoms. The fourth-order valence-electron chi connectivity index (χ4n) is 2.33. The molecule has 3 heterocycles. The Hall–Kier alpha value is -2.70. The molecule has 0 aliphatic carbocycles. The molecule has 0 radical (unpaired) electrons. The molecular formula is C13H12N4O3. The zero-order chi connectivity index (χ0) is 13.5. The van der Waals surface area contributed by atoms with Crippen LogP contribution >= 0.6 is 0 Å². The Bertz CT molecular complexity index is 750. The highest BCUT2D eigenvalue weighted by Gasteiger charge is 2.26. The van der Waals surface area contributed by atoms with Crippen molar-refractivity contribution in [3.63, 3.8) is 0 Å². The van der Waals surface area contributed by atoms with Gasteiger partial charge in [-0.25, -0.2) is 0 Å². The first-order valence-electron chi connectivity index (χ1n) is 6.26. The van der Waals surface area contributed by atoms with Crippen molar-refractivity contribution in [2.45, 2.75) is 12.6 Å². The van der Waals surface area contributed by atoms with Crippen molar-refractivity contribution in [2.24, 2.45) is 0 Å². The molecule has 0 spiro atoms. The van der Waals surface area contributed by atoms with Crippen LogP contribution in [-0.2, 0) is 6.54 Å². The molecule has 0 saturated carbocycles. The number of anilines is 1. The Morgan fingerprint density at radius 2 is 2.35 bits per heavy atom. The van der Waals surface area contributed by atoms with E-state index in [-0.39, 0.29) is 6.10 Å². The standard InChI is InChI=1S/C13H12N4O3/c14-13-11-9(20-16-13)2-3-10-12(11)19-8(7-18-10)6-17-5-1-4-15-17/h1-5,8H,6-7H2,(H2,14,16). The molecule has 0 bridgehead atoms. The molecule has 20 heavy (non-hydrogen) atoms. The van der Waals surface area contributed by atoms with Crippen molar-refractivity contribution in [1.82, 2.24) is 14.9 Å². The van der Waals surface area contributed by atoms with Gasteiger partial charge in [0.05, 0.1) is 6.54 Å². The predicted molar refractivity (Wildman–Crippen MR) is 70.6 cm³/mol. The normalized spacial score (nSPS) is 17.5. The van der Waals surface area contributed by atoms with Gasteiger partial charge in [0.15, 0.2) is 29.0 Å². The zero-order valence-corrected chi connectivity index (χ0v) is 10.5. The van der Waals surface area contributed by atoms with Crippen molar-refractivity contribution in [3.8, 4) is 11.5 Å². The highest BCUT2D eigenvalue weighted by Crippen LogP contribution is 2.41. The number of hydrogen-bond donors (Lipinski definition) is 1. The van der Waals surface area contributed by atoms with Crippen LogP contribution in [0.3, 0.4) is 0 Å². The lowest BCUT2D eigenvalue weighted by atomic mass is 10.2. The molecule has 0 amide bonds. The zero-order valence-electron chi connectivity index (χ0n) is 10.5. The minimum absolute atomic E-state index is 0.137. The van der Waals surface area contributed by atoms with Crippen molar-refractivity contribution in [3.05, 3.63) is 30.6 Å². The number of hydrogen-bond acceptors (Lipinski definition) is 6. The van der Waals surface area contributed by atoms with Gasteiger partial charge in [-0.3, -0.25) is 4.68 Å². The molecule has 2 aromatic heterocycles. The second kappa shape index (κ2) is 4.16. The quantitative estimate of drug-likeness (QED) is 0.759. The van der Waals surface area contributed by atoms with E-state index in [2.05, 4.69) is 10.3 Å². The lowest BCUT2D eigenvalue weighted by Crippen LogP contribution is -2.33. The van der Waals surface area contributed by atoms with Crippen LogP contribution in [0.2, 0.25) is 0 Å². The number of benzene rings is 1. The lowest BCUT2D eigenvalue weighted by molar-refractivity contribution is 0.0778. The highest BCUT2D eigenvalue weighted by molar-refractivity contribution is 5.95. The fraction of sp³-hybridized carbons (Fsp3) is 0.231. The molecule has 102 valence electrons. The van der Waals surface area contributed by atoms with Crippen LogP contribution in [0.25, 0.3) is 11.0 Å². The SMILES string of the molecule is Nc1noc2ccc3c(c12)OC(Cn1cccn1)CO3. The van der Waals surface area contributed by atoms with Gasteiger partial charge in [0.25, 0.3) is 0 Å². The minimum atomic E-state index is -0.137. The summed E-state index contributed by atoms with van der Waals surface area (Å²) in [5.74, 6) is 1.55. The summed E-state index contributed by atoms with van der Waals surface area (Å²) in [7, 11) is 0. The molecule has 1 aliphatic rings. The van der Waals surface area contributed by atoms with Crippen molar-refractivity contribution < 1.29 is 14.0 Å². The van der Waals surface area contributed by atoms with E-state index < -0.39 is 0 Å². The third-order valence-corrected chi connectivity index (χ3v) is 3.24. The number of rotatable bonds is 2. The van der Waals surface area contributed by atoms with Gasteiger partial charge < -0.3 is 19.7 Å². The Morgan fingerprint density at radius 1 is 1.40 bits per heavy atom. The molecule has 1 atom stereocenters. The molecule has 2 N–H and O–H groups in total. The van der Waals surface area contributed by atoms with E-state index in [9.17, 15) is 0 Å². The lowest BCUT2D eigenvalue weighted by Gasteiger charge is -2.26. The van der Waals surface area contributed by atoms with Gasteiger partial charge in [0.2, 0.25) is 0 Å². The third kappa shape index (κ3) is 1.67. The van der Waals surface area contributed by atoms with E-state index in [0.29, 0.717) is 41.4 Å². The number of fused-ring (bicyclic) bond motifs is 3. The van der Waals surface area contributed by atoms with E-state index in [4.69, 9.17) is 19.7 Å². The molecule has 1 aromatic carbocycles. The van der Waals surface area contributed by atoms with Crippen LogP contribution in [0.5, 0.6) is 11.5 Å². The van der Waals surface area contributed by atoms with Gasteiger partial charge in [-0.2, -0.15) is 5.10 Å². The van der Waals surface area contributed by atoms with Crippen LogP contribution < -0.4 is 15.2 Å². The van der Waals surface area contributed by atoms with E-state index >= 15 is 0 Å². The number of ether oxygens (including phenoxy) is 2. The first kappa shape index (κ1) is 11.2. The maximum Gasteiger partial charge on any atom is 0.178 e. The van der Waals surface area contributed by atoms with Crippen LogP contribution in [0.4, 0.5) is 5.82 Å². The maximum absolute atomic E-state index is 5.99. The number of nitrogens with two attached hydrogens (primary N) is 1. The van der Waals surface area contributed by atoms with Crippen molar-refractivity contribution in [1.29, 1.82) is 0 Å². The van der Waals surface area contributed by atoms with E-state index in [1.807, 2.05) is 12.3 Å². The average Bonchev–Trinajstić information content (AvgIpc) is 3.09. The Labute approximate surface area is 113 Å². The summed E-state index contributed by atoms with van der Waals surface area (Å²) in [6, 6.07) is 5.44. The summed E-state index contributed by atoms with van der Waals surface area (Å²) in [5.41, 5.74) is 6.41. The van der Waals surface area contributed by atoms with Crippen molar-refractivity contribution in [2.75, 3.05) is 12.3 Å². The van der Waals surface area contributed by atoms with Crippen LogP contribution in [0.1, 0.15) is 0 Å². The molecule has 0 fully saturated rings. The summed E-state index contributed by atoms with van der Waals surface area (Å²) in [6.07, 6.45) is 3.48. The Balaban J connectivity index is 1.70. The molecule has 1 unspecified atom stereocenters. The fourth-order valence-corrected chi connectivity index (χ4v) is 2.33. The first-order chi connectivity index (χ1) is 9.81. The highest BCUT2D eigenvalue weighted by atomic mass is 16.6. The number of aromatic nitrogens is 3. The average molecular weight is 272 g/mol. The molecule has 7 nitrogen and oxygen atoms in total. The van der Waals surface area contributed by atoms with Crippen LogP contribution in [0, 0.1) is 0 Å². The molecule has 0 saturated heterocycles. The predicted octanol–water partition coefficient (Wildman–Crippen LogP) is 1.45. The largest absolute Gasteiger partial charge is 0.486 e. The maximum atomic E-state index is 5.99. The Kier molecular flexibility index (Phi) is 2.32. The van der Waals surface area contributed by atoms with Gasteiger partial charge in [-0.1, -0.05) is 5.16 Å². The smallest absolute Gasteiger partial charge is 0.178 e. The number of nitrogen functional groups attached to an aromatic ring is 1. The van der Waals surface area contributed by atoms with E-state index in [0.717, 1.165) is 0 Å². The summed E-state index contributed by atoms with van der Waals surface area (Å²) >= 11 is 0. The molecule has 3 aromatic rings. The minimum Gasteiger partial charge on any atom is -0.486 e.